The molecule has 10 nitrogen and oxygen atoms in total. The molecule has 0 unspecified atom stereocenters. The third kappa shape index (κ3) is 5.82. The minimum atomic E-state index is -1.17. The summed E-state index contributed by atoms with van der Waals surface area (Å²) in [5.74, 6) is -1.20. The van der Waals surface area contributed by atoms with Crippen LogP contribution in [0, 0.1) is 20.2 Å². The number of ether oxygens (including phenoxy) is 2. The molecule has 4 aromatic rings. The lowest BCUT2D eigenvalue weighted by Gasteiger charge is -2.17. The number of hydrogen-bond donors (Lipinski definition) is 0. The van der Waals surface area contributed by atoms with Crippen molar-refractivity contribution in [3.05, 3.63) is 140 Å². The van der Waals surface area contributed by atoms with E-state index in [0.717, 1.165) is 18.2 Å². The summed E-state index contributed by atoms with van der Waals surface area (Å²) in [6, 6.07) is 25.6. The van der Waals surface area contributed by atoms with Crippen molar-refractivity contribution in [2.45, 2.75) is 6.10 Å². The van der Waals surface area contributed by atoms with E-state index >= 15 is 0 Å². The fourth-order valence-electron chi connectivity index (χ4n) is 3.46. The first kappa shape index (κ1) is 24.7. The molecule has 4 rings (SSSR count). The van der Waals surface area contributed by atoms with Gasteiger partial charge in [0.25, 0.3) is 5.69 Å². The Balaban J connectivity index is 1.54. The molecule has 0 heterocycles. The smallest absolute Gasteiger partial charge is 0.339 e. The Kier molecular flexibility index (Phi) is 7.29. The molecule has 4 aromatic carbocycles. The van der Waals surface area contributed by atoms with Gasteiger partial charge in [0.2, 0.25) is 11.5 Å². The molecule has 184 valence electrons. The minimum Gasteiger partial charge on any atom is -0.450 e. The molecule has 0 aliphatic heterocycles. The molecule has 0 bridgehead atoms. The van der Waals surface area contributed by atoms with Crippen LogP contribution in [0.4, 0.5) is 11.4 Å². The largest absolute Gasteiger partial charge is 0.450 e. The Hall–Kier alpha value is -5.38. The molecule has 0 aliphatic carbocycles. The maximum Gasteiger partial charge on any atom is 0.339 e. The number of nitrogens with zero attached hydrogens (tertiary/aromatic N) is 2. The van der Waals surface area contributed by atoms with Crippen LogP contribution in [0.2, 0.25) is 0 Å². The van der Waals surface area contributed by atoms with Crippen LogP contribution in [0.25, 0.3) is 0 Å². The topological polar surface area (TPSA) is 139 Å². The van der Waals surface area contributed by atoms with E-state index in [-0.39, 0.29) is 22.8 Å². The fraction of sp³-hybridized carbons (Fsp3) is 0.0370. The highest BCUT2D eigenvalue weighted by molar-refractivity contribution is 6.02. The van der Waals surface area contributed by atoms with Gasteiger partial charge < -0.3 is 9.47 Å². The molecule has 0 amide bonds. The van der Waals surface area contributed by atoms with Crippen molar-refractivity contribution in [3.63, 3.8) is 0 Å². The Bertz CT molecular complexity index is 1460. The number of hydrogen-bond acceptors (Lipinski definition) is 8. The van der Waals surface area contributed by atoms with Crippen LogP contribution in [0.3, 0.4) is 0 Å². The molecule has 1 atom stereocenters. The van der Waals surface area contributed by atoms with Crippen LogP contribution >= 0.6 is 0 Å². The molecular weight excluding hydrogens is 480 g/mol. The summed E-state index contributed by atoms with van der Waals surface area (Å²) in [4.78, 5) is 46.7. The Labute approximate surface area is 210 Å². The first-order chi connectivity index (χ1) is 17.8. The maximum absolute atomic E-state index is 13.1. The van der Waals surface area contributed by atoms with E-state index in [2.05, 4.69) is 0 Å². The number of nitro benzene ring substituents is 2. The predicted molar refractivity (Wildman–Crippen MR) is 132 cm³/mol. The lowest BCUT2D eigenvalue weighted by molar-refractivity contribution is -0.394. The summed E-state index contributed by atoms with van der Waals surface area (Å²) < 4.78 is 11.1. The highest BCUT2D eigenvalue weighted by Gasteiger charge is 2.27. The fourth-order valence-corrected chi connectivity index (χ4v) is 3.46. The summed E-state index contributed by atoms with van der Waals surface area (Å²) in [6.07, 6.45) is -1.17. The lowest BCUT2D eigenvalue weighted by atomic mass is 10.00. The van der Waals surface area contributed by atoms with E-state index in [4.69, 9.17) is 9.47 Å². The van der Waals surface area contributed by atoms with Crippen LogP contribution in [-0.4, -0.2) is 21.6 Å². The van der Waals surface area contributed by atoms with Crippen molar-refractivity contribution in [1.29, 1.82) is 0 Å². The summed E-state index contributed by atoms with van der Waals surface area (Å²) in [7, 11) is 0. The van der Waals surface area contributed by atoms with E-state index in [1.807, 2.05) is 0 Å². The van der Waals surface area contributed by atoms with Gasteiger partial charge in [0.1, 0.15) is 5.75 Å². The molecule has 0 aromatic heterocycles. The van der Waals surface area contributed by atoms with Gasteiger partial charge in [-0.3, -0.25) is 25.0 Å². The van der Waals surface area contributed by atoms with Gasteiger partial charge in [-0.2, -0.15) is 0 Å². The van der Waals surface area contributed by atoms with Gasteiger partial charge in [0.05, 0.1) is 21.5 Å². The molecule has 10 heteroatoms. The Morgan fingerprint density at radius 2 is 1.32 bits per heavy atom. The number of rotatable bonds is 9. The van der Waals surface area contributed by atoms with Crippen LogP contribution in [0.1, 0.15) is 32.4 Å². The van der Waals surface area contributed by atoms with E-state index in [1.165, 1.54) is 24.3 Å². The van der Waals surface area contributed by atoms with Gasteiger partial charge in [0.15, 0.2) is 6.10 Å². The van der Waals surface area contributed by atoms with Crippen molar-refractivity contribution in [2.24, 2.45) is 0 Å². The highest BCUT2D eigenvalue weighted by atomic mass is 16.6. The van der Waals surface area contributed by atoms with Gasteiger partial charge in [-0.05, 0) is 30.3 Å². The third-order valence-corrected chi connectivity index (χ3v) is 5.29. The number of Topliss-reactive ketones (excluding diaryl/α,β-unsaturated/α-hetero) is 1. The van der Waals surface area contributed by atoms with Crippen molar-refractivity contribution in [2.75, 3.05) is 0 Å². The standard InChI is InChI=1S/C27H18N2O8/c30-25(18-7-3-1-4-8-18)26(19-9-5-2-6-10-19)37-27(31)20-11-14-22(15-12-20)36-24-16-13-21(28(32)33)17-23(24)29(34)35/h1-17,26H/t26-/m0/s1. The number of non-ortho nitro benzene ring substituents is 1. The summed E-state index contributed by atoms with van der Waals surface area (Å²) in [5, 5.41) is 22.2. The average Bonchev–Trinajstić information content (AvgIpc) is 2.92. The van der Waals surface area contributed by atoms with Gasteiger partial charge in [0, 0.05) is 17.2 Å². The Morgan fingerprint density at radius 3 is 1.92 bits per heavy atom. The van der Waals surface area contributed by atoms with Crippen molar-refractivity contribution >= 4 is 23.1 Å². The maximum atomic E-state index is 13.1. The molecule has 0 spiro atoms. The number of carbonyl (C=O) groups excluding carboxylic acids is 2. The first-order valence-electron chi connectivity index (χ1n) is 10.9. The quantitative estimate of drug-likeness (QED) is 0.117. The molecule has 0 radical (unpaired) electrons. The average molecular weight is 498 g/mol. The first-order valence-corrected chi connectivity index (χ1v) is 10.9. The highest BCUT2D eigenvalue weighted by Crippen LogP contribution is 2.34. The van der Waals surface area contributed by atoms with Crippen LogP contribution in [0.5, 0.6) is 11.5 Å². The van der Waals surface area contributed by atoms with Gasteiger partial charge >= 0.3 is 11.7 Å². The van der Waals surface area contributed by atoms with Crippen molar-refractivity contribution < 1.29 is 28.9 Å². The second-order valence-corrected chi connectivity index (χ2v) is 7.72. The second-order valence-electron chi connectivity index (χ2n) is 7.72. The molecule has 0 saturated heterocycles. The van der Waals surface area contributed by atoms with Crippen molar-refractivity contribution in [1.82, 2.24) is 0 Å². The lowest BCUT2D eigenvalue weighted by Crippen LogP contribution is -2.20. The molecule has 0 fully saturated rings. The van der Waals surface area contributed by atoms with E-state index in [9.17, 15) is 29.8 Å². The van der Waals surface area contributed by atoms with E-state index < -0.39 is 33.3 Å². The zero-order valence-corrected chi connectivity index (χ0v) is 19.1. The summed E-state index contributed by atoms with van der Waals surface area (Å²) in [6.45, 7) is 0. The van der Waals surface area contributed by atoms with E-state index in [0.29, 0.717) is 11.1 Å². The number of nitro groups is 2. The third-order valence-electron chi connectivity index (χ3n) is 5.29. The SMILES string of the molecule is O=C(O[C@H](C(=O)c1ccccc1)c1ccccc1)c1ccc(Oc2ccc([N+](=O)[O-])cc2[N+](=O)[O-])cc1. The zero-order chi connectivity index (χ0) is 26.4. The molecule has 37 heavy (non-hydrogen) atoms. The monoisotopic (exact) mass is 498 g/mol. The van der Waals surface area contributed by atoms with E-state index in [1.54, 1.807) is 60.7 Å². The normalized spacial score (nSPS) is 11.2. The Morgan fingerprint density at radius 1 is 0.703 bits per heavy atom. The molecule has 0 saturated carbocycles. The number of carbonyl (C=O) groups is 2. The van der Waals surface area contributed by atoms with Gasteiger partial charge in [-0.15, -0.1) is 0 Å². The molecular formula is C27H18N2O8. The zero-order valence-electron chi connectivity index (χ0n) is 19.1. The predicted octanol–water partition coefficient (Wildman–Crippen LogP) is 6.08. The molecule has 0 N–H and O–H groups in total. The molecule has 0 aliphatic rings. The second kappa shape index (κ2) is 10.9. The summed E-state index contributed by atoms with van der Waals surface area (Å²) in [5.41, 5.74) is -0.0157. The van der Waals surface area contributed by atoms with Gasteiger partial charge in [-0.25, -0.2) is 4.79 Å². The number of ketones is 1. The van der Waals surface area contributed by atoms with Crippen molar-refractivity contribution in [3.8, 4) is 11.5 Å². The van der Waals surface area contributed by atoms with Gasteiger partial charge in [-0.1, -0.05) is 60.7 Å². The minimum absolute atomic E-state index is 0.118. The van der Waals surface area contributed by atoms with Crippen LogP contribution in [0.15, 0.2) is 103 Å². The number of benzene rings is 4. The van der Waals surface area contributed by atoms with Crippen LogP contribution in [-0.2, 0) is 4.74 Å². The summed E-state index contributed by atoms with van der Waals surface area (Å²) >= 11 is 0. The number of esters is 1. The van der Waals surface area contributed by atoms with Crippen LogP contribution < -0.4 is 4.74 Å².